The van der Waals surface area contributed by atoms with Gasteiger partial charge >= 0.3 is 0 Å². The van der Waals surface area contributed by atoms with E-state index in [1.54, 1.807) is 4.90 Å². The molecule has 2 aromatic rings. The Balaban J connectivity index is 1.88. The highest BCUT2D eigenvalue weighted by Crippen LogP contribution is 2.28. The minimum Gasteiger partial charge on any atom is -0.355 e. The van der Waals surface area contributed by atoms with Gasteiger partial charge in [0.1, 0.15) is 0 Å². The Hall–Kier alpha value is -1.60. The number of nitrogens with one attached hydrogen (secondary N) is 1. The first kappa shape index (κ1) is 18.7. The maximum Gasteiger partial charge on any atom is 0.233 e. The van der Waals surface area contributed by atoms with Crippen LogP contribution < -0.4 is 5.32 Å². The lowest BCUT2D eigenvalue weighted by Crippen LogP contribution is -2.31. The molecule has 130 valence electrons. The highest BCUT2D eigenvalue weighted by Gasteiger charge is 2.19. The molecule has 24 heavy (non-hydrogen) atoms. The fraction of sp³-hybridized carbons (Fsp3) is 0.471. The van der Waals surface area contributed by atoms with Gasteiger partial charge in [-0.3, -0.25) is 4.79 Å². The lowest BCUT2D eigenvalue weighted by atomic mass is 10.1. The molecular weight excluding hydrogens is 340 g/mol. The van der Waals surface area contributed by atoms with Gasteiger partial charge in [0, 0.05) is 12.6 Å². The molecule has 1 N–H and O–H groups in total. The van der Waals surface area contributed by atoms with Crippen molar-refractivity contribution < 1.29 is 4.79 Å². The number of thioether (sulfide) groups is 1. The van der Waals surface area contributed by atoms with Gasteiger partial charge in [-0.15, -0.1) is 10.2 Å². The number of nitrogens with zero attached hydrogens (tertiary/aromatic N) is 3. The molecule has 1 aromatic carbocycles. The number of rotatable bonds is 6. The summed E-state index contributed by atoms with van der Waals surface area (Å²) in [5.74, 6) is 0.439. The summed E-state index contributed by atoms with van der Waals surface area (Å²) in [7, 11) is 1.84. The second kappa shape index (κ2) is 7.98. The summed E-state index contributed by atoms with van der Waals surface area (Å²) in [5, 5.41) is 12.3. The number of aromatic nitrogens is 2. The smallest absolute Gasteiger partial charge is 0.233 e. The summed E-state index contributed by atoms with van der Waals surface area (Å²) >= 11 is 2.91. The van der Waals surface area contributed by atoms with Gasteiger partial charge in [-0.25, -0.2) is 0 Å². The van der Waals surface area contributed by atoms with Crippen LogP contribution in [0.4, 0.5) is 5.13 Å². The van der Waals surface area contributed by atoms with Crippen LogP contribution in [0.5, 0.6) is 0 Å². The third-order valence-electron chi connectivity index (χ3n) is 3.46. The van der Waals surface area contributed by atoms with Crippen molar-refractivity contribution in [1.82, 2.24) is 15.1 Å². The summed E-state index contributed by atoms with van der Waals surface area (Å²) in [6.07, 6.45) is 0. The Labute approximate surface area is 151 Å². The van der Waals surface area contributed by atoms with E-state index in [1.165, 1.54) is 23.1 Å². The summed E-state index contributed by atoms with van der Waals surface area (Å²) in [6.45, 7) is 8.26. The molecule has 5 nitrogen and oxygen atoms in total. The van der Waals surface area contributed by atoms with Crippen molar-refractivity contribution >= 4 is 34.1 Å². The number of hydrogen-bond donors (Lipinski definition) is 1. The largest absolute Gasteiger partial charge is 0.355 e. The predicted molar refractivity (Wildman–Crippen MR) is 102 cm³/mol. The quantitative estimate of drug-likeness (QED) is 0.783. The first-order valence-electron chi connectivity index (χ1n) is 7.81. The van der Waals surface area contributed by atoms with Crippen molar-refractivity contribution in [3.05, 3.63) is 35.9 Å². The lowest BCUT2D eigenvalue weighted by Gasteiger charge is -2.25. The number of benzene rings is 1. The predicted octanol–water partition coefficient (Wildman–Crippen LogP) is 4.06. The Kier molecular flexibility index (Phi) is 6.23. The number of carbonyl (C=O) groups is 1. The monoisotopic (exact) mass is 364 g/mol. The van der Waals surface area contributed by atoms with Crippen molar-refractivity contribution in [2.24, 2.45) is 0 Å². The van der Waals surface area contributed by atoms with Crippen LogP contribution in [0, 0.1) is 0 Å². The molecule has 0 aliphatic carbocycles. The van der Waals surface area contributed by atoms with Crippen LogP contribution in [0.1, 0.15) is 39.3 Å². The highest BCUT2D eigenvalue weighted by molar-refractivity contribution is 8.01. The van der Waals surface area contributed by atoms with Gasteiger partial charge in [0.05, 0.1) is 11.8 Å². The average Bonchev–Trinajstić information content (AvgIpc) is 2.97. The van der Waals surface area contributed by atoms with Crippen LogP contribution in [0.15, 0.2) is 34.7 Å². The first-order chi connectivity index (χ1) is 11.3. The molecular formula is C17H24N4OS2. The molecule has 1 unspecified atom stereocenters. The molecule has 0 aliphatic heterocycles. The van der Waals surface area contributed by atoms with Crippen molar-refractivity contribution in [3.8, 4) is 0 Å². The van der Waals surface area contributed by atoms with Crippen molar-refractivity contribution in [2.75, 3.05) is 18.1 Å². The molecule has 0 aliphatic rings. The highest BCUT2D eigenvalue weighted by atomic mass is 32.2. The fourth-order valence-electron chi connectivity index (χ4n) is 2.04. The summed E-state index contributed by atoms with van der Waals surface area (Å²) < 4.78 is 0.802. The van der Waals surface area contributed by atoms with Gasteiger partial charge in [0.2, 0.25) is 11.0 Å². The normalized spacial score (nSPS) is 12.7. The van der Waals surface area contributed by atoms with Gasteiger partial charge in [0.25, 0.3) is 0 Å². The van der Waals surface area contributed by atoms with Crippen LogP contribution in [0.3, 0.4) is 0 Å². The fourth-order valence-corrected chi connectivity index (χ4v) is 3.92. The molecule has 7 heteroatoms. The zero-order chi connectivity index (χ0) is 17.7. The summed E-state index contributed by atoms with van der Waals surface area (Å²) in [4.78, 5) is 14.2. The van der Waals surface area contributed by atoms with Crippen LogP contribution in [0.2, 0.25) is 0 Å². The lowest BCUT2D eigenvalue weighted by molar-refractivity contribution is -0.128. The van der Waals surface area contributed by atoms with E-state index in [0.29, 0.717) is 5.75 Å². The molecule has 0 radical (unpaired) electrons. The minimum atomic E-state index is -0.0530. The molecule has 1 heterocycles. The van der Waals surface area contributed by atoms with E-state index in [-0.39, 0.29) is 17.5 Å². The zero-order valence-electron chi connectivity index (χ0n) is 14.7. The van der Waals surface area contributed by atoms with Gasteiger partial charge in [-0.2, -0.15) is 0 Å². The van der Waals surface area contributed by atoms with E-state index in [4.69, 9.17) is 0 Å². The number of carbonyl (C=O) groups excluding carboxylic acids is 1. The molecule has 1 aromatic heterocycles. The summed E-state index contributed by atoms with van der Waals surface area (Å²) in [5.41, 5.74) is 1.08. The Morgan fingerprint density at radius 2 is 1.96 bits per heavy atom. The van der Waals surface area contributed by atoms with Gasteiger partial charge in [-0.1, -0.05) is 53.4 Å². The molecule has 2 rings (SSSR count). The molecule has 0 saturated heterocycles. The third kappa shape index (κ3) is 5.49. The second-order valence-corrected chi connectivity index (χ2v) is 8.83. The third-order valence-corrected chi connectivity index (χ3v) is 5.42. The minimum absolute atomic E-state index is 0.0480. The molecule has 1 atom stereocenters. The molecule has 0 fully saturated rings. The molecule has 1 amide bonds. The van der Waals surface area contributed by atoms with Crippen molar-refractivity contribution in [3.63, 3.8) is 0 Å². The van der Waals surface area contributed by atoms with E-state index in [1.807, 2.05) is 44.3 Å². The van der Waals surface area contributed by atoms with E-state index >= 15 is 0 Å². The standard InChI is InChI=1S/C17H24N4OS2/c1-12(13-9-7-6-8-10-13)21(5)14(22)11-23-16-20-19-15(24-16)18-17(2,3)4/h6-10,12H,11H2,1-5H3,(H,18,19). The Morgan fingerprint density at radius 1 is 1.29 bits per heavy atom. The van der Waals surface area contributed by atoms with Crippen LogP contribution in [-0.2, 0) is 4.79 Å². The van der Waals surface area contributed by atoms with E-state index in [2.05, 4.69) is 36.3 Å². The second-order valence-electron chi connectivity index (χ2n) is 6.63. The Morgan fingerprint density at radius 3 is 2.58 bits per heavy atom. The average molecular weight is 365 g/mol. The van der Waals surface area contributed by atoms with Crippen LogP contribution in [-0.4, -0.2) is 39.3 Å². The van der Waals surface area contributed by atoms with Gasteiger partial charge < -0.3 is 10.2 Å². The van der Waals surface area contributed by atoms with E-state index < -0.39 is 0 Å². The van der Waals surface area contributed by atoms with E-state index in [0.717, 1.165) is 15.0 Å². The molecule has 0 bridgehead atoms. The zero-order valence-corrected chi connectivity index (χ0v) is 16.4. The SMILES string of the molecule is CC(c1ccccc1)N(C)C(=O)CSc1nnc(NC(C)(C)C)s1. The number of hydrogen-bond acceptors (Lipinski definition) is 6. The molecule has 0 spiro atoms. The Bertz CT molecular complexity index is 667. The summed E-state index contributed by atoms with van der Waals surface area (Å²) in [6, 6.07) is 10.1. The van der Waals surface area contributed by atoms with Crippen LogP contribution >= 0.6 is 23.1 Å². The first-order valence-corrected chi connectivity index (χ1v) is 9.61. The van der Waals surface area contributed by atoms with Crippen molar-refractivity contribution in [2.45, 2.75) is 43.6 Å². The van der Waals surface area contributed by atoms with Crippen molar-refractivity contribution in [1.29, 1.82) is 0 Å². The van der Waals surface area contributed by atoms with Gasteiger partial charge in [0.15, 0.2) is 4.34 Å². The maximum atomic E-state index is 12.4. The molecule has 0 saturated carbocycles. The van der Waals surface area contributed by atoms with E-state index in [9.17, 15) is 4.79 Å². The topological polar surface area (TPSA) is 58.1 Å². The number of amides is 1. The van der Waals surface area contributed by atoms with Crippen LogP contribution in [0.25, 0.3) is 0 Å². The maximum absolute atomic E-state index is 12.4. The number of anilines is 1. The van der Waals surface area contributed by atoms with Gasteiger partial charge in [-0.05, 0) is 33.3 Å².